The van der Waals surface area contributed by atoms with Crippen molar-refractivity contribution in [3.63, 3.8) is 0 Å². The van der Waals surface area contributed by atoms with E-state index in [-0.39, 0.29) is 6.04 Å². The lowest BCUT2D eigenvalue weighted by Crippen LogP contribution is -2.41. The first kappa shape index (κ1) is 20.8. The summed E-state index contributed by atoms with van der Waals surface area (Å²) in [6.07, 6.45) is 9.00. The zero-order valence-electron chi connectivity index (χ0n) is 17.6. The quantitative estimate of drug-likeness (QED) is 0.359. The number of ether oxygens (including phenoxy) is 1. The molecule has 1 aliphatic rings. The predicted octanol–water partition coefficient (Wildman–Crippen LogP) is 3.47. The number of hydrogen-bond acceptors (Lipinski definition) is 7. The topological polar surface area (TPSA) is 108 Å². The van der Waals surface area contributed by atoms with Crippen LogP contribution in [0.4, 0.5) is 5.82 Å². The molecule has 31 heavy (non-hydrogen) atoms. The minimum absolute atomic E-state index is 0.119. The van der Waals surface area contributed by atoms with Crippen molar-refractivity contribution in [1.29, 1.82) is 0 Å². The summed E-state index contributed by atoms with van der Waals surface area (Å²) in [6, 6.07) is 9.76. The summed E-state index contributed by atoms with van der Waals surface area (Å²) in [5.41, 5.74) is 8.44. The number of anilines is 1. The molecule has 8 nitrogen and oxygen atoms in total. The van der Waals surface area contributed by atoms with E-state index in [9.17, 15) is 0 Å². The van der Waals surface area contributed by atoms with Crippen molar-refractivity contribution >= 4 is 22.4 Å². The molecule has 0 bridgehead atoms. The Balaban J connectivity index is 1.72. The van der Waals surface area contributed by atoms with Gasteiger partial charge >= 0.3 is 0 Å². The summed E-state index contributed by atoms with van der Waals surface area (Å²) in [7, 11) is 0. The second-order valence-corrected chi connectivity index (χ2v) is 7.56. The van der Waals surface area contributed by atoms with E-state index >= 15 is 0 Å². The number of benzene rings is 1. The molecule has 0 spiro atoms. The Kier molecular flexibility index (Phi) is 6.11. The highest BCUT2D eigenvalue weighted by Gasteiger charge is 2.25. The first-order valence-electron chi connectivity index (χ1n) is 10.3. The number of para-hydroxylation sites is 1. The lowest BCUT2D eigenvalue weighted by Gasteiger charge is -2.29. The number of hydrogen-bond donors (Lipinski definition) is 2. The molecule has 0 aliphatic carbocycles. The number of fused-ring (bicyclic) bond motifs is 1. The lowest BCUT2D eigenvalue weighted by molar-refractivity contribution is 0.175. The molecule has 160 valence electrons. The number of piperidine rings is 1. The van der Waals surface area contributed by atoms with E-state index in [1.54, 1.807) is 6.08 Å². The number of hydrazine groups is 1. The van der Waals surface area contributed by atoms with Crippen molar-refractivity contribution < 1.29 is 4.74 Å². The lowest BCUT2D eigenvalue weighted by atomic mass is 10.1. The van der Waals surface area contributed by atoms with E-state index in [2.05, 4.69) is 16.5 Å². The van der Waals surface area contributed by atoms with Crippen molar-refractivity contribution in [2.75, 3.05) is 18.8 Å². The number of nitrogens with zero attached hydrogens (tertiary/aromatic N) is 5. The summed E-state index contributed by atoms with van der Waals surface area (Å²) in [6.45, 7) is 7.45. The van der Waals surface area contributed by atoms with Gasteiger partial charge in [-0.25, -0.2) is 19.7 Å². The molecule has 3 aromatic rings. The minimum Gasteiger partial charge on any atom is -0.462 e. The summed E-state index contributed by atoms with van der Waals surface area (Å²) >= 11 is 0. The maximum absolute atomic E-state index is 6.24. The van der Waals surface area contributed by atoms with Gasteiger partial charge in [0.15, 0.2) is 5.65 Å². The molecule has 8 heteroatoms. The highest BCUT2D eigenvalue weighted by Crippen LogP contribution is 2.31. The van der Waals surface area contributed by atoms with Gasteiger partial charge < -0.3 is 10.5 Å². The molecule has 1 unspecified atom stereocenters. The molecule has 1 atom stereocenters. The van der Waals surface area contributed by atoms with Crippen molar-refractivity contribution in [3.05, 3.63) is 72.9 Å². The number of rotatable bonds is 6. The molecule has 3 heterocycles. The number of nitrogen functional groups attached to an aromatic ring is 1. The van der Waals surface area contributed by atoms with E-state index in [4.69, 9.17) is 21.4 Å². The number of aromatic nitrogens is 4. The van der Waals surface area contributed by atoms with E-state index in [0.717, 1.165) is 41.9 Å². The highest BCUT2D eigenvalue weighted by atomic mass is 16.5. The Morgan fingerprint density at radius 2 is 2.03 bits per heavy atom. The highest BCUT2D eigenvalue weighted by molar-refractivity contribution is 5.97. The van der Waals surface area contributed by atoms with E-state index in [0.29, 0.717) is 23.7 Å². The molecular weight excluding hydrogens is 390 g/mol. The zero-order valence-corrected chi connectivity index (χ0v) is 17.6. The first-order valence-corrected chi connectivity index (χ1v) is 10.3. The van der Waals surface area contributed by atoms with Crippen LogP contribution in [-0.4, -0.2) is 37.8 Å². The average molecular weight is 418 g/mol. The van der Waals surface area contributed by atoms with Crippen LogP contribution in [0.25, 0.3) is 16.6 Å². The molecule has 1 aromatic carbocycles. The van der Waals surface area contributed by atoms with Crippen molar-refractivity contribution in [2.45, 2.75) is 25.8 Å². The van der Waals surface area contributed by atoms with Gasteiger partial charge in [-0.2, -0.15) is 5.10 Å². The fraction of sp³-hybridized carbons (Fsp3) is 0.261. The second kappa shape index (κ2) is 9.11. The van der Waals surface area contributed by atoms with Gasteiger partial charge in [0.2, 0.25) is 0 Å². The maximum atomic E-state index is 6.24. The molecular formula is C23H27N7O. The van der Waals surface area contributed by atoms with Crippen LogP contribution in [0.1, 0.15) is 31.5 Å². The Hall–Kier alpha value is -3.49. The standard InChI is InChI=1S/C23H27N7O/c1-3-17(12-11-16(2)31-19-9-5-4-6-10-19)21-20-22(24)26-15-27-23(20)30(28-21)18-8-7-13-29(25)14-18/h3-6,9-12,15,18H,1,7-8,13-14,25H2,2H3,(H2,24,26,27)/b16-11+,17-12+. The molecule has 2 aromatic heterocycles. The van der Waals surface area contributed by atoms with Crippen LogP contribution in [0.2, 0.25) is 0 Å². The third-order valence-corrected chi connectivity index (χ3v) is 5.30. The van der Waals surface area contributed by atoms with E-state index in [1.807, 2.05) is 59.1 Å². The monoisotopic (exact) mass is 417 g/mol. The smallest absolute Gasteiger partial charge is 0.164 e. The molecule has 4 rings (SSSR count). The third kappa shape index (κ3) is 4.50. The van der Waals surface area contributed by atoms with Gasteiger partial charge in [-0.15, -0.1) is 0 Å². The van der Waals surface area contributed by atoms with Crippen LogP contribution < -0.4 is 16.3 Å². The van der Waals surface area contributed by atoms with Gasteiger partial charge in [-0.3, -0.25) is 5.84 Å². The van der Waals surface area contributed by atoms with Crippen LogP contribution >= 0.6 is 0 Å². The molecule has 0 radical (unpaired) electrons. The fourth-order valence-electron chi connectivity index (χ4n) is 3.79. The Labute approximate surface area is 181 Å². The normalized spacial score (nSPS) is 18.3. The Morgan fingerprint density at radius 3 is 2.77 bits per heavy atom. The minimum atomic E-state index is 0.119. The van der Waals surface area contributed by atoms with Crippen LogP contribution in [0.5, 0.6) is 5.75 Å². The van der Waals surface area contributed by atoms with Crippen molar-refractivity contribution in [2.24, 2.45) is 5.84 Å². The number of nitrogens with two attached hydrogens (primary N) is 2. The van der Waals surface area contributed by atoms with Gasteiger partial charge in [-0.05, 0) is 44.1 Å². The molecule has 1 saturated heterocycles. The summed E-state index contributed by atoms with van der Waals surface area (Å²) < 4.78 is 7.78. The SMILES string of the molecule is C=C/C(=C\C=C(/C)Oc1ccccc1)c1nn(C2CCCN(N)C2)c2ncnc(N)c12. The van der Waals surface area contributed by atoms with Crippen LogP contribution in [0, 0.1) is 0 Å². The van der Waals surface area contributed by atoms with Gasteiger partial charge in [0.05, 0.1) is 11.4 Å². The fourth-order valence-corrected chi connectivity index (χ4v) is 3.79. The molecule has 0 amide bonds. The van der Waals surface area contributed by atoms with Gasteiger partial charge in [0.25, 0.3) is 0 Å². The van der Waals surface area contributed by atoms with Crippen molar-refractivity contribution in [3.8, 4) is 5.75 Å². The Morgan fingerprint density at radius 1 is 1.23 bits per heavy atom. The molecule has 0 saturated carbocycles. The van der Waals surface area contributed by atoms with Gasteiger partial charge in [0, 0.05) is 18.7 Å². The van der Waals surface area contributed by atoms with Gasteiger partial charge in [-0.1, -0.05) is 30.9 Å². The van der Waals surface area contributed by atoms with E-state index in [1.165, 1.54) is 6.33 Å². The predicted molar refractivity (Wildman–Crippen MR) is 123 cm³/mol. The van der Waals surface area contributed by atoms with Crippen molar-refractivity contribution in [1.82, 2.24) is 24.8 Å². The zero-order chi connectivity index (χ0) is 21.8. The second-order valence-electron chi connectivity index (χ2n) is 7.56. The molecule has 1 fully saturated rings. The van der Waals surface area contributed by atoms with E-state index < -0.39 is 0 Å². The summed E-state index contributed by atoms with van der Waals surface area (Å²) in [5.74, 6) is 7.97. The summed E-state index contributed by atoms with van der Waals surface area (Å²) in [5, 5.41) is 7.43. The number of allylic oxidation sites excluding steroid dienone is 5. The average Bonchev–Trinajstić information content (AvgIpc) is 3.16. The van der Waals surface area contributed by atoms with Crippen LogP contribution in [0.15, 0.2) is 67.2 Å². The van der Waals surface area contributed by atoms with Crippen LogP contribution in [0.3, 0.4) is 0 Å². The largest absolute Gasteiger partial charge is 0.462 e. The Bertz CT molecular complexity index is 1130. The first-order chi connectivity index (χ1) is 15.1. The third-order valence-electron chi connectivity index (χ3n) is 5.30. The summed E-state index contributed by atoms with van der Waals surface area (Å²) in [4.78, 5) is 8.66. The van der Waals surface area contributed by atoms with Gasteiger partial charge in [0.1, 0.15) is 29.3 Å². The molecule has 4 N–H and O–H groups in total. The maximum Gasteiger partial charge on any atom is 0.164 e. The van der Waals surface area contributed by atoms with Crippen LogP contribution in [-0.2, 0) is 0 Å². The molecule has 1 aliphatic heterocycles.